The van der Waals surface area contributed by atoms with Gasteiger partial charge in [0.2, 0.25) is 0 Å². The summed E-state index contributed by atoms with van der Waals surface area (Å²) in [5.41, 5.74) is 6.49. The largest absolute Gasteiger partial charge is 0.494 e. The summed E-state index contributed by atoms with van der Waals surface area (Å²) in [6, 6.07) is 12.9. The second kappa shape index (κ2) is 7.43. The van der Waals surface area contributed by atoms with E-state index in [4.69, 9.17) is 19.9 Å². The molecule has 0 aliphatic rings. The minimum atomic E-state index is 0.613. The molecule has 0 atom stereocenters. The zero-order valence-corrected chi connectivity index (χ0v) is 12.5. The van der Waals surface area contributed by atoms with Gasteiger partial charge in [0.25, 0.3) is 0 Å². The van der Waals surface area contributed by atoms with E-state index < -0.39 is 0 Å². The second-order valence-electron chi connectivity index (χ2n) is 4.55. The Hall–Kier alpha value is -2.36. The highest BCUT2D eigenvalue weighted by atomic mass is 16.5. The predicted molar refractivity (Wildman–Crippen MR) is 84.3 cm³/mol. The molecule has 0 saturated heterocycles. The number of nitrogens with two attached hydrogens (primary N) is 1. The molecule has 0 aromatic heterocycles. The summed E-state index contributed by atoms with van der Waals surface area (Å²) in [6.45, 7) is 5.29. The summed E-state index contributed by atoms with van der Waals surface area (Å²) in [7, 11) is 0. The molecule has 0 spiro atoms. The van der Waals surface area contributed by atoms with Crippen LogP contribution in [0.25, 0.3) is 0 Å². The molecule has 21 heavy (non-hydrogen) atoms. The average molecular weight is 287 g/mol. The molecule has 0 bridgehead atoms. The van der Waals surface area contributed by atoms with E-state index in [2.05, 4.69) is 6.92 Å². The van der Waals surface area contributed by atoms with Crippen molar-refractivity contribution >= 4 is 5.69 Å². The molecule has 0 unspecified atom stereocenters. The van der Waals surface area contributed by atoms with Gasteiger partial charge in [-0.1, -0.05) is 6.92 Å². The summed E-state index contributed by atoms with van der Waals surface area (Å²) in [5, 5.41) is 0. The smallest absolute Gasteiger partial charge is 0.145 e. The summed E-state index contributed by atoms with van der Waals surface area (Å²) in [4.78, 5) is 0. The average Bonchev–Trinajstić information content (AvgIpc) is 2.50. The zero-order valence-electron chi connectivity index (χ0n) is 12.5. The van der Waals surface area contributed by atoms with Crippen molar-refractivity contribution in [3.8, 4) is 23.0 Å². The number of benzene rings is 2. The molecule has 0 saturated carbocycles. The van der Waals surface area contributed by atoms with Gasteiger partial charge in [-0.15, -0.1) is 0 Å². The van der Waals surface area contributed by atoms with Crippen LogP contribution in [0.3, 0.4) is 0 Å². The van der Waals surface area contributed by atoms with E-state index >= 15 is 0 Å². The standard InChI is InChI=1S/C17H21NO3/c1-3-11-20-17-12-15(9-10-16(17)18)21-14-7-5-13(6-8-14)19-4-2/h5-10,12H,3-4,11,18H2,1-2H3. The minimum absolute atomic E-state index is 0.613. The molecule has 2 aromatic rings. The van der Waals surface area contributed by atoms with Crippen LogP contribution < -0.4 is 19.9 Å². The first-order valence-corrected chi connectivity index (χ1v) is 7.16. The molecule has 112 valence electrons. The molecule has 2 N–H and O–H groups in total. The van der Waals surface area contributed by atoms with Crippen LogP contribution in [0.4, 0.5) is 5.69 Å². The maximum absolute atomic E-state index is 5.88. The lowest BCUT2D eigenvalue weighted by molar-refractivity contribution is 0.317. The fourth-order valence-corrected chi connectivity index (χ4v) is 1.82. The maximum atomic E-state index is 5.88. The van der Waals surface area contributed by atoms with Crippen molar-refractivity contribution in [2.75, 3.05) is 18.9 Å². The molecular weight excluding hydrogens is 266 g/mol. The van der Waals surface area contributed by atoms with Crippen LogP contribution in [0.5, 0.6) is 23.0 Å². The van der Waals surface area contributed by atoms with Gasteiger partial charge in [0.05, 0.1) is 18.9 Å². The minimum Gasteiger partial charge on any atom is -0.494 e. The van der Waals surface area contributed by atoms with Crippen LogP contribution in [-0.2, 0) is 0 Å². The topological polar surface area (TPSA) is 53.7 Å². The Morgan fingerprint density at radius 1 is 0.857 bits per heavy atom. The van der Waals surface area contributed by atoms with E-state index in [-0.39, 0.29) is 0 Å². The van der Waals surface area contributed by atoms with E-state index in [0.29, 0.717) is 30.4 Å². The molecule has 2 aromatic carbocycles. The fraction of sp³-hybridized carbons (Fsp3) is 0.294. The van der Waals surface area contributed by atoms with Crippen molar-refractivity contribution in [2.24, 2.45) is 0 Å². The lowest BCUT2D eigenvalue weighted by atomic mass is 10.2. The Labute approximate surface area is 125 Å². The van der Waals surface area contributed by atoms with Crippen molar-refractivity contribution < 1.29 is 14.2 Å². The zero-order chi connectivity index (χ0) is 15.1. The van der Waals surface area contributed by atoms with Crippen LogP contribution in [0.1, 0.15) is 20.3 Å². The van der Waals surface area contributed by atoms with E-state index in [1.54, 1.807) is 12.1 Å². The predicted octanol–water partition coefficient (Wildman–Crippen LogP) is 4.25. The van der Waals surface area contributed by atoms with E-state index in [9.17, 15) is 0 Å². The summed E-state index contributed by atoms with van der Waals surface area (Å²) >= 11 is 0. The number of ether oxygens (including phenoxy) is 3. The Kier molecular flexibility index (Phi) is 5.32. The van der Waals surface area contributed by atoms with Gasteiger partial charge in [0, 0.05) is 6.07 Å². The van der Waals surface area contributed by atoms with Gasteiger partial charge >= 0.3 is 0 Å². The van der Waals surface area contributed by atoms with Gasteiger partial charge in [-0.25, -0.2) is 0 Å². The Morgan fingerprint density at radius 3 is 2.19 bits per heavy atom. The van der Waals surface area contributed by atoms with Gasteiger partial charge in [-0.3, -0.25) is 0 Å². The Morgan fingerprint density at radius 2 is 1.52 bits per heavy atom. The molecule has 0 heterocycles. The van der Waals surface area contributed by atoms with Crippen LogP contribution in [0, 0.1) is 0 Å². The first-order valence-electron chi connectivity index (χ1n) is 7.16. The number of nitrogen functional groups attached to an aromatic ring is 1. The van der Waals surface area contributed by atoms with Crippen LogP contribution >= 0.6 is 0 Å². The first-order chi connectivity index (χ1) is 10.2. The molecule has 4 heteroatoms. The molecule has 0 aliphatic carbocycles. The number of rotatable bonds is 7. The monoisotopic (exact) mass is 287 g/mol. The van der Waals surface area contributed by atoms with Crippen molar-refractivity contribution in [1.82, 2.24) is 0 Å². The molecule has 0 aliphatic heterocycles. The molecular formula is C17H21NO3. The highest BCUT2D eigenvalue weighted by molar-refractivity contribution is 5.56. The van der Waals surface area contributed by atoms with Crippen LogP contribution in [0.2, 0.25) is 0 Å². The molecule has 2 rings (SSSR count). The van der Waals surface area contributed by atoms with Crippen LogP contribution in [-0.4, -0.2) is 13.2 Å². The third kappa shape index (κ3) is 4.31. The fourth-order valence-electron chi connectivity index (χ4n) is 1.82. The van der Waals surface area contributed by atoms with Gasteiger partial charge in [-0.05, 0) is 49.7 Å². The third-order valence-corrected chi connectivity index (χ3v) is 2.82. The number of hydrogen-bond donors (Lipinski definition) is 1. The summed E-state index contributed by atoms with van der Waals surface area (Å²) in [5.74, 6) is 2.92. The quantitative estimate of drug-likeness (QED) is 0.773. The highest BCUT2D eigenvalue weighted by Crippen LogP contribution is 2.30. The molecule has 0 fully saturated rings. The highest BCUT2D eigenvalue weighted by Gasteiger charge is 2.04. The third-order valence-electron chi connectivity index (χ3n) is 2.82. The summed E-state index contributed by atoms with van der Waals surface area (Å²) < 4.78 is 16.8. The van der Waals surface area contributed by atoms with Crippen LogP contribution in [0.15, 0.2) is 42.5 Å². The Balaban J connectivity index is 2.08. The molecule has 4 nitrogen and oxygen atoms in total. The second-order valence-corrected chi connectivity index (χ2v) is 4.55. The first kappa shape index (κ1) is 15.0. The lowest BCUT2D eigenvalue weighted by Crippen LogP contribution is -1.99. The van der Waals surface area contributed by atoms with Crippen molar-refractivity contribution in [3.05, 3.63) is 42.5 Å². The summed E-state index contributed by atoms with van der Waals surface area (Å²) in [6.07, 6.45) is 0.934. The van der Waals surface area contributed by atoms with Gasteiger partial charge in [0.15, 0.2) is 0 Å². The number of anilines is 1. The Bertz CT molecular complexity index is 567. The lowest BCUT2D eigenvalue weighted by Gasteiger charge is -2.11. The van der Waals surface area contributed by atoms with Crippen molar-refractivity contribution in [3.63, 3.8) is 0 Å². The maximum Gasteiger partial charge on any atom is 0.145 e. The van der Waals surface area contributed by atoms with E-state index in [1.165, 1.54) is 0 Å². The van der Waals surface area contributed by atoms with Gasteiger partial charge in [-0.2, -0.15) is 0 Å². The van der Waals surface area contributed by atoms with Crippen molar-refractivity contribution in [2.45, 2.75) is 20.3 Å². The SMILES string of the molecule is CCCOc1cc(Oc2ccc(OCC)cc2)ccc1N. The van der Waals surface area contributed by atoms with Crippen molar-refractivity contribution in [1.29, 1.82) is 0 Å². The molecule has 0 amide bonds. The van der Waals surface area contributed by atoms with E-state index in [0.717, 1.165) is 17.9 Å². The number of hydrogen-bond acceptors (Lipinski definition) is 4. The normalized spacial score (nSPS) is 10.2. The van der Waals surface area contributed by atoms with Gasteiger partial charge in [0.1, 0.15) is 23.0 Å². The molecule has 0 radical (unpaired) electrons. The van der Waals surface area contributed by atoms with E-state index in [1.807, 2.05) is 37.3 Å². The van der Waals surface area contributed by atoms with Gasteiger partial charge < -0.3 is 19.9 Å².